The van der Waals surface area contributed by atoms with Crippen molar-refractivity contribution in [2.24, 2.45) is 22.2 Å². The van der Waals surface area contributed by atoms with Crippen LogP contribution in [0.5, 0.6) is 5.75 Å². The summed E-state index contributed by atoms with van der Waals surface area (Å²) in [7, 11) is -2.01. The van der Waals surface area contributed by atoms with Gasteiger partial charge in [0.15, 0.2) is 8.32 Å². The van der Waals surface area contributed by atoms with Crippen LogP contribution in [0.25, 0.3) is 33.0 Å². The van der Waals surface area contributed by atoms with Gasteiger partial charge in [-0.25, -0.2) is 9.97 Å². The Morgan fingerprint density at radius 3 is 2.14 bits per heavy atom. The van der Waals surface area contributed by atoms with E-state index in [1.807, 2.05) is 19.1 Å². The molecule has 0 saturated carbocycles. The Kier molecular flexibility index (Phi) is 14.4. The first kappa shape index (κ1) is 48.4. The Hall–Kier alpha value is -7.06. The zero-order valence-electron chi connectivity index (χ0n) is 39.3. The summed E-state index contributed by atoms with van der Waals surface area (Å²) in [6.45, 7) is 21.6. The number of aliphatic imine (C=N–C) groups is 1. The molecule has 0 fully saturated rings. The third kappa shape index (κ3) is 10.4. The number of anilines is 2. The van der Waals surface area contributed by atoms with Gasteiger partial charge in [0.25, 0.3) is 17.7 Å². The summed E-state index contributed by atoms with van der Waals surface area (Å²) < 4.78 is 23.9. The van der Waals surface area contributed by atoms with Gasteiger partial charge in [-0.05, 0) is 89.2 Å². The van der Waals surface area contributed by atoms with Gasteiger partial charge in [-0.15, -0.1) is 0 Å². The molecule has 4 heterocycles. The maximum Gasteiger partial charge on any atom is 0.276 e. The van der Waals surface area contributed by atoms with Gasteiger partial charge in [0.2, 0.25) is 17.8 Å². The van der Waals surface area contributed by atoms with E-state index in [-0.39, 0.29) is 53.5 Å². The molecule has 4 amide bonds. The average molecular weight is 921 g/mol. The molecule has 8 N–H and O–H groups in total. The highest BCUT2D eigenvalue weighted by Gasteiger charge is 2.37. The Labute approximate surface area is 383 Å². The largest absolute Gasteiger partial charge is 0.491 e. The fourth-order valence-electron chi connectivity index (χ4n) is 7.17. The summed E-state index contributed by atoms with van der Waals surface area (Å²) in [5.41, 5.74) is 21.5. The third-order valence-corrected chi connectivity index (χ3v) is 15.9. The molecule has 20 heteroatoms. The molecule has 0 radical (unpaired) electrons. The summed E-state index contributed by atoms with van der Waals surface area (Å²) >= 11 is 0. The minimum Gasteiger partial charge on any atom is -0.491 e. The van der Waals surface area contributed by atoms with E-state index in [0.717, 1.165) is 0 Å². The van der Waals surface area contributed by atoms with Crippen molar-refractivity contribution in [1.29, 1.82) is 0 Å². The van der Waals surface area contributed by atoms with Crippen LogP contribution in [0.4, 0.5) is 11.9 Å². The first-order valence-electron chi connectivity index (χ1n) is 21.8. The van der Waals surface area contributed by atoms with Gasteiger partial charge >= 0.3 is 0 Å². The summed E-state index contributed by atoms with van der Waals surface area (Å²) in [6.07, 6.45) is 5.75. The van der Waals surface area contributed by atoms with Gasteiger partial charge in [0.05, 0.1) is 34.4 Å². The molecule has 66 heavy (non-hydrogen) atoms. The second-order valence-electron chi connectivity index (χ2n) is 17.5. The van der Waals surface area contributed by atoms with E-state index in [9.17, 15) is 19.2 Å². The Morgan fingerprint density at radius 1 is 0.879 bits per heavy atom. The number of rotatable bonds is 19. The van der Waals surface area contributed by atoms with Crippen molar-refractivity contribution >= 4 is 82.6 Å². The molecular weight excluding hydrogens is 861 g/mol. The number of carbonyl (C=O) groups excluding carboxylic acids is 4. The summed E-state index contributed by atoms with van der Waals surface area (Å²) in [5.74, 6) is -1.16. The van der Waals surface area contributed by atoms with Gasteiger partial charge in [-0.1, -0.05) is 32.9 Å². The van der Waals surface area contributed by atoms with E-state index in [1.165, 1.54) is 6.08 Å². The van der Waals surface area contributed by atoms with Crippen molar-refractivity contribution < 1.29 is 32.8 Å². The fourth-order valence-corrected chi connectivity index (χ4v) is 8.26. The number of hydrogen-bond acceptors (Lipinski definition) is 12. The summed E-state index contributed by atoms with van der Waals surface area (Å²) in [6, 6.07) is 8.14. The van der Waals surface area contributed by atoms with E-state index in [1.54, 1.807) is 71.8 Å². The lowest BCUT2D eigenvalue weighted by molar-refractivity contribution is -0.110. The molecule has 0 spiro atoms. The third-order valence-electron chi connectivity index (χ3n) is 11.4. The number of aromatic nitrogens is 6. The number of hydrogen-bond donors (Lipinski definition) is 5. The number of allylic oxidation sites excluding steroid dienone is 3. The number of imidazole rings is 2. The quantitative estimate of drug-likeness (QED) is 0.0246. The molecule has 0 aliphatic carbocycles. The van der Waals surface area contributed by atoms with Crippen molar-refractivity contribution in [2.45, 2.75) is 99.6 Å². The van der Waals surface area contributed by atoms with E-state index in [2.05, 4.69) is 54.6 Å². The Morgan fingerprint density at radius 2 is 1.53 bits per heavy atom. The maximum atomic E-state index is 13.8. The highest BCUT2D eigenvalue weighted by molar-refractivity contribution is 6.74. The number of carbonyl (C=O) groups is 4. The molecule has 0 atom stereocenters. The standard InChI is InChI=1S/C46H60N12O7Si/c1-11-50-34(20-26(3)47)42(61)53-44-51-32-23-29(40(48)59)24-36(63-18-15-19-64-66(9,10)46(6,7)8)38(32)57(44)17-14-13-16-56-37-30-22-28(5)65-39(30)31(41(49)60)25-33(37)52-45(56)54-43(62)35-21-27(4)55-58(35)12-2/h13-14,20-25H,11-12,15-19,47H2,1-10H3,(H2,48,59)(H2,49,60)(H,51,53,61)(H,52,54,62)/b14-13+,26-20?,50-34?. The predicted molar refractivity (Wildman–Crippen MR) is 259 cm³/mol. The van der Waals surface area contributed by atoms with Gasteiger partial charge in [-0.2, -0.15) is 5.10 Å². The number of fused-ring (bicyclic) bond motifs is 4. The highest BCUT2D eigenvalue weighted by Crippen LogP contribution is 2.37. The first-order chi connectivity index (χ1) is 31.1. The molecule has 350 valence electrons. The van der Waals surface area contributed by atoms with Crippen LogP contribution in [0.15, 0.2) is 63.7 Å². The molecule has 0 saturated heterocycles. The molecule has 4 aromatic heterocycles. The van der Waals surface area contributed by atoms with Crippen LogP contribution < -0.4 is 32.6 Å². The maximum absolute atomic E-state index is 13.8. The van der Waals surface area contributed by atoms with Crippen LogP contribution in [-0.2, 0) is 28.9 Å². The van der Waals surface area contributed by atoms with Gasteiger partial charge in [0.1, 0.15) is 34.0 Å². The number of ether oxygens (including phenoxy) is 1. The molecule has 19 nitrogen and oxygen atoms in total. The smallest absolute Gasteiger partial charge is 0.276 e. The Balaban J connectivity index is 1.42. The first-order valence-corrected chi connectivity index (χ1v) is 24.7. The fraction of sp³-hybridized carbons (Fsp3) is 0.391. The van der Waals surface area contributed by atoms with Crippen LogP contribution in [-0.4, -0.2) is 86.3 Å². The monoisotopic (exact) mass is 920 g/mol. The summed E-state index contributed by atoms with van der Waals surface area (Å²) in [4.78, 5) is 66.7. The van der Waals surface area contributed by atoms with Crippen molar-refractivity contribution in [3.05, 3.63) is 82.5 Å². The number of nitrogens with zero attached hydrogens (tertiary/aromatic N) is 7. The van der Waals surface area contributed by atoms with Crippen LogP contribution in [0.1, 0.15) is 90.6 Å². The number of amides is 4. The SMILES string of the molecule is CCN=C(C=C(C)N)C(=O)Nc1nc2cc(C(N)=O)cc(OCCCO[Si](C)(C)C(C)(C)C)c2n1C/C=C/Cn1c(NC(=O)c2cc(C)nn2CC)nc2cc(C(N)=O)c3oc(C)cc3c21. The number of nitrogens with two attached hydrogens (primary N) is 3. The summed E-state index contributed by atoms with van der Waals surface area (Å²) in [5, 5.41) is 10.9. The van der Waals surface area contributed by atoms with Crippen LogP contribution >= 0.6 is 0 Å². The van der Waals surface area contributed by atoms with Gasteiger partial charge in [0, 0.05) is 55.9 Å². The average Bonchev–Trinajstić information content (AvgIpc) is 4.00. The van der Waals surface area contributed by atoms with Gasteiger partial charge in [-0.3, -0.25) is 39.5 Å². The molecule has 0 unspecified atom stereocenters. The van der Waals surface area contributed by atoms with Gasteiger partial charge < -0.3 is 39.9 Å². The van der Waals surface area contributed by atoms with E-state index in [4.69, 9.17) is 40.7 Å². The predicted octanol–water partition coefficient (Wildman–Crippen LogP) is 6.72. The molecule has 0 aliphatic heterocycles. The van der Waals surface area contributed by atoms with E-state index < -0.39 is 31.9 Å². The van der Waals surface area contributed by atoms with Crippen LogP contribution in [0, 0.1) is 13.8 Å². The number of benzene rings is 2. The minimum atomic E-state index is -2.01. The van der Waals surface area contributed by atoms with E-state index >= 15 is 0 Å². The van der Waals surface area contributed by atoms with Crippen molar-refractivity contribution in [2.75, 3.05) is 30.4 Å². The lowest BCUT2D eigenvalue weighted by atomic mass is 10.1. The number of primary amides is 2. The van der Waals surface area contributed by atoms with Crippen LogP contribution in [0.3, 0.4) is 0 Å². The van der Waals surface area contributed by atoms with Crippen molar-refractivity contribution in [3.63, 3.8) is 0 Å². The zero-order valence-corrected chi connectivity index (χ0v) is 40.3. The second kappa shape index (κ2) is 19.6. The number of furan rings is 1. The molecule has 0 aliphatic rings. The van der Waals surface area contributed by atoms with Crippen molar-refractivity contribution in [1.82, 2.24) is 28.9 Å². The second-order valence-corrected chi connectivity index (χ2v) is 22.3. The van der Waals surface area contributed by atoms with Crippen LogP contribution in [0.2, 0.25) is 18.1 Å². The molecule has 2 aromatic carbocycles. The zero-order chi connectivity index (χ0) is 48.2. The van der Waals surface area contributed by atoms with E-state index in [0.29, 0.717) is 87.7 Å². The molecule has 6 rings (SSSR count). The normalized spacial score (nSPS) is 12.8. The number of nitrogens with one attached hydrogen (secondary N) is 2. The minimum absolute atomic E-state index is 0.0367. The molecular formula is C46H60N12O7Si. The van der Waals surface area contributed by atoms with Crippen molar-refractivity contribution in [3.8, 4) is 5.75 Å². The lowest BCUT2D eigenvalue weighted by Crippen LogP contribution is -2.41. The topological polar surface area (TPSA) is 268 Å². The highest BCUT2D eigenvalue weighted by atomic mass is 28.4. The number of aryl methyl sites for hydroxylation is 3. The lowest BCUT2D eigenvalue weighted by Gasteiger charge is -2.36. The molecule has 0 bridgehead atoms. The molecule has 6 aromatic rings. The Bertz CT molecular complexity index is 2940.